The van der Waals surface area contributed by atoms with E-state index in [4.69, 9.17) is 9.47 Å². The third-order valence-corrected chi connectivity index (χ3v) is 6.99. The van der Waals surface area contributed by atoms with Gasteiger partial charge in [-0.3, -0.25) is 19.2 Å². The number of pyridine rings is 1. The fourth-order valence-corrected chi connectivity index (χ4v) is 4.40. The monoisotopic (exact) mass is 562 g/mol. The van der Waals surface area contributed by atoms with Crippen molar-refractivity contribution in [2.75, 3.05) is 33.4 Å². The highest BCUT2D eigenvalue weighted by molar-refractivity contribution is 7.90. The van der Waals surface area contributed by atoms with Crippen LogP contribution in [-0.4, -0.2) is 75.3 Å². The van der Waals surface area contributed by atoms with Gasteiger partial charge in [-0.2, -0.15) is 0 Å². The first-order valence-electron chi connectivity index (χ1n) is 12.5. The minimum Gasteiger partial charge on any atom is -0.494 e. The van der Waals surface area contributed by atoms with Gasteiger partial charge in [-0.05, 0) is 50.6 Å². The van der Waals surface area contributed by atoms with Gasteiger partial charge in [0, 0.05) is 24.8 Å². The van der Waals surface area contributed by atoms with Crippen LogP contribution in [0.2, 0.25) is 0 Å². The fourth-order valence-electron chi connectivity index (χ4n) is 3.43. The molecule has 39 heavy (non-hydrogen) atoms. The number of carbonyl (C=O) groups excluding carboxylic acids is 4. The molecule has 0 aliphatic carbocycles. The van der Waals surface area contributed by atoms with Crippen molar-refractivity contribution in [1.29, 1.82) is 0 Å². The zero-order chi connectivity index (χ0) is 29.0. The van der Waals surface area contributed by atoms with Gasteiger partial charge in [-0.1, -0.05) is 19.8 Å². The van der Waals surface area contributed by atoms with Gasteiger partial charge in [0.2, 0.25) is 0 Å². The molecule has 0 aliphatic heterocycles. The highest BCUT2D eigenvalue weighted by Crippen LogP contribution is 2.19. The predicted molar refractivity (Wildman–Crippen MR) is 142 cm³/mol. The van der Waals surface area contributed by atoms with E-state index in [0.717, 1.165) is 31.5 Å². The summed E-state index contributed by atoms with van der Waals surface area (Å²) in [4.78, 5) is 54.7. The SMILES string of the molecule is CCCCCOC(=O)CNC(=O)c1ncc(C(=O)NS(=O)(=O)c2ccc(C(=O)N(CC)CC)cc2)cc1OC. The molecule has 2 rings (SSSR count). The smallest absolute Gasteiger partial charge is 0.325 e. The third-order valence-electron chi connectivity index (χ3n) is 5.64. The number of hydrogen-bond donors (Lipinski definition) is 2. The first-order valence-corrected chi connectivity index (χ1v) is 14.0. The molecular formula is C26H34N4O8S. The minimum absolute atomic E-state index is 0.104. The van der Waals surface area contributed by atoms with Crippen LogP contribution in [0.15, 0.2) is 41.4 Å². The van der Waals surface area contributed by atoms with Crippen LogP contribution in [-0.2, 0) is 19.6 Å². The van der Waals surface area contributed by atoms with E-state index in [1.807, 2.05) is 25.5 Å². The van der Waals surface area contributed by atoms with E-state index < -0.39 is 27.8 Å². The highest BCUT2D eigenvalue weighted by Gasteiger charge is 2.23. The largest absolute Gasteiger partial charge is 0.494 e. The Labute approximate surface area is 228 Å². The molecule has 0 saturated heterocycles. The van der Waals surface area contributed by atoms with Gasteiger partial charge >= 0.3 is 5.97 Å². The van der Waals surface area contributed by atoms with Crippen LogP contribution in [0.3, 0.4) is 0 Å². The summed E-state index contributed by atoms with van der Waals surface area (Å²) in [6.07, 6.45) is 3.64. The molecule has 0 fully saturated rings. The topological polar surface area (TPSA) is 161 Å². The molecule has 0 aliphatic rings. The van der Waals surface area contributed by atoms with Crippen LogP contribution < -0.4 is 14.8 Å². The zero-order valence-corrected chi connectivity index (χ0v) is 23.3. The number of esters is 1. The highest BCUT2D eigenvalue weighted by atomic mass is 32.2. The van der Waals surface area contributed by atoms with E-state index >= 15 is 0 Å². The quantitative estimate of drug-likeness (QED) is 0.260. The Morgan fingerprint density at radius 2 is 1.62 bits per heavy atom. The Balaban J connectivity index is 2.07. The van der Waals surface area contributed by atoms with E-state index in [1.165, 1.54) is 31.4 Å². The fraction of sp³-hybridized carbons (Fsp3) is 0.423. The van der Waals surface area contributed by atoms with Crippen molar-refractivity contribution >= 4 is 33.7 Å². The maximum atomic E-state index is 12.7. The number of nitrogens with zero attached hydrogens (tertiary/aromatic N) is 2. The predicted octanol–water partition coefficient (Wildman–Crippen LogP) is 2.15. The number of amides is 3. The molecule has 1 aromatic heterocycles. The van der Waals surface area contributed by atoms with Crippen molar-refractivity contribution < 1.29 is 37.1 Å². The summed E-state index contributed by atoms with van der Waals surface area (Å²) >= 11 is 0. The Kier molecular flexibility index (Phi) is 11.9. The van der Waals surface area contributed by atoms with Crippen LogP contribution in [0, 0.1) is 0 Å². The number of sulfonamides is 1. The maximum Gasteiger partial charge on any atom is 0.325 e. The van der Waals surface area contributed by atoms with Crippen molar-refractivity contribution in [3.05, 3.63) is 53.3 Å². The van der Waals surface area contributed by atoms with Crippen LogP contribution in [0.5, 0.6) is 5.75 Å². The summed E-state index contributed by atoms with van der Waals surface area (Å²) in [7, 11) is -3.04. The summed E-state index contributed by atoms with van der Waals surface area (Å²) in [6.45, 7) is 6.60. The van der Waals surface area contributed by atoms with Crippen molar-refractivity contribution in [3.63, 3.8) is 0 Å². The van der Waals surface area contributed by atoms with Gasteiger partial charge in [-0.25, -0.2) is 18.1 Å². The molecule has 0 bridgehead atoms. The maximum absolute atomic E-state index is 12.7. The van der Waals surface area contributed by atoms with Gasteiger partial charge in [-0.15, -0.1) is 0 Å². The second kappa shape index (κ2) is 14.8. The number of carbonyl (C=O) groups is 4. The standard InChI is InChI=1S/C26H34N4O8S/c1-5-8-9-14-38-22(31)17-28-25(33)23-21(37-4)15-19(16-27-23)24(32)29-39(35,36)20-12-10-18(11-13-20)26(34)30(6-2)7-3/h10-13,15-16H,5-9,14,17H2,1-4H3,(H,28,33)(H,29,32). The molecule has 2 aromatic rings. The van der Waals surface area contributed by atoms with Gasteiger partial charge in [0.1, 0.15) is 6.54 Å². The third kappa shape index (κ3) is 8.77. The molecule has 0 unspecified atom stereocenters. The van der Waals surface area contributed by atoms with Gasteiger partial charge < -0.3 is 19.7 Å². The first kappa shape index (κ1) is 31.2. The van der Waals surface area contributed by atoms with Gasteiger partial charge in [0.25, 0.3) is 27.7 Å². The van der Waals surface area contributed by atoms with E-state index in [2.05, 4.69) is 10.3 Å². The molecule has 1 aromatic carbocycles. The zero-order valence-electron chi connectivity index (χ0n) is 22.5. The second-order valence-electron chi connectivity index (χ2n) is 8.32. The number of ether oxygens (including phenoxy) is 2. The summed E-state index contributed by atoms with van der Waals surface area (Å²) in [6, 6.07) is 6.36. The minimum atomic E-state index is -4.28. The molecular weight excluding hydrogens is 528 g/mol. The Bertz CT molecular complexity index is 1280. The molecule has 13 heteroatoms. The lowest BCUT2D eigenvalue weighted by Crippen LogP contribution is -2.33. The number of benzene rings is 1. The van der Waals surface area contributed by atoms with Crippen LogP contribution >= 0.6 is 0 Å². The van der Waals surface area contributed by atoms with E-state index in [0.29, 0.717) is 18.7 Å². The molecule has 1 heterocycles. The normalized spacial score (nSPS) is 10.9. The molecule has 212 valence electrons. The van der Waals surface area contributed by atoms with Gasteiger partial charge in [0.05, 0.1) is 24.2 Å². The summed E-state index contributed by atoms with van der Waals surface area (Å²) in [5.74, 6) is -2.69. The lowest BCUT2D eigenvalue weighted by atomic mass is 10.2. The molecule has 2 N–H and O–H groups in total. The van der Waals surface area contributed by atoms with E-state index in [9.17, 15) is 27.6 Å². The molecule has 3 amide bonds. The number of hydrogen-bond acceptors (Lipinski definition) is 9. The van der Waals surface area contributed by atoms with Crippen molar-refractivity contribution in [1.82, 2.24) is 19.9 Å². The molecule has 0 radical (unpaired) electrons. The number of aromatic nitrogens is 1. The Morgan fingerprint density at radius 3 is 2.21 bits per heavy atom. The first-order chi connectivity index (χ1) is 18.6. The number of methoxy groups -OCH3 is 1. The van der Waals surface area contributed by atoms with Crippen molar-refractivity contribution in [3.8, 4) is 5.75 Å². The summed E-state index contributed by atoms with van der Waals surface area (Å²) < 4.78 is 37.6. The number of rotatable bonds is 14. The average molecular weight is 563 g/mol. The van der Waals surface area contributed by atoms with Crippen molar-refractivity contribution in [2.24, 2.45) is 0 Å². The second-order valence-corrected chi connectivity index (χ2v) is 10.0. The van der Waals surface area contributed by atoms with Crippen molar-refractivity contribution in [2.45, 2.75) is 44.9 Å². The number of unbranched alkanes of at least 4 members (excludes halogenated alkanes) is 2. The van der Waals surface area contributed by atoms with Gasteiger partial charge in [0.15, 0.2) is 11.4 Å². The average Bonchev–Trinajstić information content (AvgIpc) is 2.94. The van der Waals surface area contributed by atoms with Crippen LogP contribution in [0.1, 0.15) is 71.2 Å². The van der Waals surface area contributed by atoms with E-state index in [-0.39, 0.29) is 41.0 Å². The molecule has 0 saturated carbocycles. The Morgan fingerprint density at radius 1 is 0.949 bits per heavy atom. The summed E-state index contributed by atoms with van der Waals surface area (Å²) in [5.41, 5.74) is -0.0728. The summed E-state index contributed by atoms with van der Waals surface area (Å²) in [5, 5.41) is 2.37. The van der Waals surface area contributed by atoms with Crippen LogP contribution in [0.4, 0.5) is 0 Å². The Hall–Kier alpha value is -4.00. The molecule has 0 spiro atoms. The molecule has 12 nitrogen and oxygen atoms in total. The lowest BCUT2D eigenvalue weighted by Gasteiger charge is -2.18. The van der Waals surface area contributed by atoms with E-state index in [1.54, 1.807) is 4.90 Å². The molecule has 0 atom stereocenters. The lowest BCUT2D eigenvalue weighted by molar-refractivity contribution is -0.142. The number of nitrogens with one attached hydrogen (secondary N) is 2. The van der Waals surface area contributed by atoms with Crippen LogP contribution in [0.25, 0.3) is 0 Å².